The fourth-order valence-corrected chi connectivity index (χ4v) is 9.48. The molecule has 0 heterocycles. The van der Waals surface area contributed by atoms with E-state index in [0.717, 1.165) is 103 Å². The van der Waals surface area contributed by atoms with Crippen molar-refractivity contribution in [2.24, 2.45) is 0 Å². The molecule has 0 aromatic heterocycles. The quantitative estimate of drug-likeness (QED) is 0.0261. The number of carbonyl (C=O) groups excluding carboxylic acids is 3. The maximum Gasteiger partial charge on any atom is 0.306 e. The van der Waals surface area contributed by atoms with Crippen LogP contribution in [0, 0.1) is 0 Å². The van der Waals surface area contributed by atoms with Crippen LogP contribution in [0.25, 0.3) is 0 Å². The third-order valence-corrected chi connectivity index (χ3v) is 14.4. The largest absolute Gasteiger partial charge is 0.462 e. The molecule has 1 unspecified atom stereocenters. The summed E-state index contributed by atoms with van der Waals surface area (Å²) in [5.41, 5.74) is 0. The number of allylic oxidation sites excluding steroid dienone is 12. The van der Waals surface area contributed by atoms with Crippen LogP contribution >= 0.6 is 0 Å². The van der Waals surface area contributed by atoms with Crippen LogP contribution in [-0.2, 0) is 28.6 Å². The summed E-state index contributed by atoms with van der Waals surface area (Å²) in [5, 5.41) is 0. The van der Waals surface area contributed by atoms with E-state index in [0.29, 0.717) is 19.3 Å². The molecule has 76 heavy (non-hydrogen) atoms. The second kappa shape index (κ2) is 64.4. The summed E-state index contributed by atoms with van der Waals surface area (Å²) < 4.78 is 16.9. The minimum atomic E-state index is -0.787. The molecule has 1 atom stereocenters. The van der Waals surface area contributed by atoms with Gasteiger partial charge in [0.2, 0.25) is 0 Å². The van der Waals surface area contributed by atoms with Gasteiger partial charge in [0.15, 0.2) is 6.10 Å². The third kappa shape index (κ3) is 61.7. The van der Waals surface area contributed by atoms with Crippen molar-refractivity contribution in [3.8, 4) is 0 Å². The summed E-state index contributed by atoms with van der Waals surface area (Å²) in [6, 6.07) is 0. The van der Waals surface area contributed by atoms with Crippen LogP contribution in [0.15, 0.2) is 72.9 Å². The Hall–Kier alpha value is -3.15. The summed E-state index contributed by atoms with van der Waals surface area (Å²) in [6.07, 6.45) is 83.4. The molecular weight excluding hydrogens is 937 g/mol. The minimum Gasteiger partial charge on any atom is -0.462 e. The van der Waals surface area contributed by atoms with E-state index in [9.17, 15) is 14.4 Å². The highest BCUT2D eigenvalue weighted by Crippen LogP contribution is 2.17. The average molecular weight is 1060 g/mol. The van der Waals surface area contributed by atoms with E-state index < -0.39 is 6.10 Å². The Labute approximate surface area is 472 Å². The van der Waals surface area contributed by atoms with Gasteiger partial charge in [-0.3, -0.25) is 14.4 Å². The van der Waals surface area contributed by atoms with E-state index in [1.807, 2.05) is 0 Å². The summed E-state index contributed by atoms with van der Waals surface area (Å²) in [4.78, 5) is 38.3. The van der Waals surface area contributed by atoms with Gasteiger partial charge in [-0.25, -0.2) is 0 Å². The van der Waals surface area contributed by atoms with Crippen LogP contribution in [0.1, 0.15) is 335 Å². The van der Waals surface area contributed by atoms with E-state index in [2.05, 4.69) is 93.7 Å². The van der Waals surface area contributed by atoms with Gasteiger partial charge in [0, 0.05) is 19.3 Å². The average Bonchev–Trinajstić information content (AvgIpc) is 3.42. The Kier molecular flexibility index (Phi) is 61.7. The zero-order valence-electron chi connectivity index (χ0n) is 50.5. The standard InChI is InChI=1S/C70H124O6/c1-4-7-10-13-16-19-22-25-28-30-32-33-34-35-36-37-39-40-42-45-48-51-54-57-60-63-69(72)75-66-67(65-74-68(71)62-59-56-53-50-47-44-27-24-21-18-15-12-9-6-3)76-70(73)64-61-58-55-52-49-46-43-41-38-31-29-26-23-20-17-14-11-8-5-2/h8,11,17,20,24,26-27,29-30,32,38,41,67H,4-7,9-10,12-16,18-19,21-23,25,28,31,33-37,39-40,42-66H2,1-3H3/b11-8-,20-17-,27-24-,29-26-,32-30-,41-38-. The molecule has 0 spiro atoms. The normalized spacial score (nSPS) is 12.5. The molecule has 440 valence electrons. The maximum atomic E-state index is 12.9. The number of carbonyl (C=O) groups is 3. The van der Waals surface area contributed by atoms with Gasteiger partial charge in [-0.1, -0.05) is 280 Å². The molecule has 0 aromatic rings. The smallest absolute Gasteiger partial charge is 0.306 e. The molecule has 0 rings (SSSR count). The van der Waals surface area contributed by atoms with Crippen LogP contribution < -0.4 is 0 Å². The monoisotopic (exact) mass is 1060 g/mol. The lowest BCUT2D eigenvalue weighted by Crippen LogP contribution is -2.30. The molecule has 6 heteroatoms. The molecule has 0 amide bonds. The van der Waals surface area contributed by atoms with Gasteiger partial charge in [0.05, 0.1) is 0 Å². The second-order valence-electron chi connectivity index (χ2n) is 22.0. The molecule has 0 radical (unpaired) electrons. The maximum absolute atomic E-state index is 12.9. The number of ether oxygens (including phenoxy) is 3. The molecular formula is C70H124O6. The number of rotatable bonds is 60. The van der Waals surface area contributed by atoms with Crippen molar-refractivity contribution >= 4 is 17.9 Å². The van der Waals surface area contributed by atoms with E-state index in [-0.39, 0.29) is 31.1 Å². The van der Waals surface area contributed by atoms with E-state index in [4.69, 9.17) is 14.2 Å². The number of hydrogen-bond donors (Lipinski definition) is 0. The van der Waals surface area contributed by atoms with Gasteiger partial charge in [0.25, 0.3) is 0 Å². The van der Waals surface area contributed by atoms with Crippen LogP contribution in [0.2, 0.25) is 0 Å². The third-order valence-electron chi connectivity index (χ3n) is 14.4. The summed E-state index contributed by atoms with van der Waals surface area (Å²) >= 11 is 0. The molecule has 0 saturated heterocycles. The predicted octanol–water partition coefficient (Wildman–Crippen LogP) is 22.5. The van der Waals surface area contributed by atoms with Crippen molar-refractivity contribution in [3.63, 3.8) is 0 Å². The zero-order valence-corrected chi connectivity index (χ0v) is 50.5. The molecule has 0 aliphatic rings. The van der Waals surface area contributed by atoms with Crippen molar-refractivity contribution in [2.45, 2.75) is 341 Å². The first-order valence-corrected chi connectivity index (χ1v) is 32.9. The highest BCUT2D eigenvalue weighted by Gasteiger charge is 2.19. The molecule has 0 aliphatic heterocycles. The van der Waals surface area contributed by atoms with Crippen molar-refractivity contribution in [2.75, 3.05) is 13.2 Å². The van der Waals surface area contributed by atoms with Crippen molar-refractivity contribution in [1.29, 1.82) is 0 Å². The van der Waals surface area contributed by atoms with E-state index >= 15 is 0 Å². The zero-order chi connectivity index (χ0) is 55.0. The minimum absolute atomic E-state index is 0.0821. The number of unbranched alkanes of at least 4 members (excludes halogenated alkanes) is 37. The lowest BCUT2D eigenvalue weighted by atomic mass is 10.0. The second-order valence-corrected chi connectivity index (χ2v) is 22.0. The van der Waals surface area contributed by atoms with Gasteiger partial charge in [-0.2, -0.15) is 0 Å². The lowest BCUT2D eigenvalue weighted by Gasteiger charge is -2.18. The van der Waals surface area contributed by atoms with Crippen LogP contribution in [0.3, 0.4) is 0 Å². The molecule has 0 aliphatic carbocycles. The van der Waals surface area contributed by atoms with Crippen LogP contribution in [0.4, 0.5) is 0 Å². The SMILES string of the molecule is CC/C=C\C/C=C\C/C=C\C/C=C\CCCCCCCCC(=O)OC(COC(=O)CCCCCCC/C=C\CCCCCCC)COC(=O)CCCCCCCCCCCCCCC/C=C\CCCCCCCCCC. The molecule has 0 saturated carbocycles. The van der Waals surface area contributed by atoms with E-state index in [1.165, 1.54) is 193 Å². The Morgan fingerprint density at radius 3 is 0.816 bits per heavy atom. The highest BCUT2D eigenvalue weighted by molar-refractivity contribution is 5.71. The van der Waals surface area contributed by atoms with Gasteiger partial charge < -0.3 is 14.2 Å². The molecule has 0 aromatic carbocycles. The van der Waals surface area contributed by atoms with Crippen LogP contribution in [0.5, 0.6) is 0 Å². The molecule has 0 N–H and O–H groups in total. The molecule has 0 bridgehead atoms. The van der Waals surface area contributed by atoms with Gasteiger partial charge in [-0.15, -0.1) is 0 Å². The van der Waals surface area contributed by atoms with E-state index in [1.54, 1.807) is 0 Å². The lowest BCUT2D eigenvalue weighted by molar-refractivity contribution is -0.167. The van der Waals surface area contributed by atoms with Crippen LogP contribution in [-0.4, -0.2) is 37.2 Å². The first-order chi connectivity index (χ1) is 37.5. The topological polar surface area (TPSA) is 78.9 Å². The molecule has 6 nitrogen and oxygen atoms in total. The fraction of sp³-hybridized carbons (Fsp3) is 0.786. The Balaban J connectivity index is 4.31. The summed E-state index contributed by atoms with van der Waals surface area (Å²) in [5.74, 6) is -0.890. The van der Waals surface area contributed by atoms with Crippen molar-refractivity contribution < 1.29 is 28.6 Å². The summed E-state index contributed by atoms with van der Waals surface area (Å²) in [6.45, 7) is 6.54. The first kappa shape index (κ1) is 72.8. The Morgan fingerprint density at radius 2 is 0.513 bits per heavy atom. The fourth-order valence-electron chi connectivity index (χ4n) is 9.48. The summed E-state index contributed by atoms with van der Waals surface area (Å²) in [7, 11) is 0. The van der Waals surface area contributed by atoms with Gasteiger partial charge in [0.1, 0.15) is 13.2 Å². The van der Waals surface area contributed by atoms with Gasteiger partial charge >= 0.3 is 17.9 Å². The van der Waals surface area contributed by atoms with Gasteiger partial charge in [-0.05, 0) is 109 Å². The van der Waals surface area contributed by atoms with Crippen molar-refractivity contribution in [3.05, 3.63) is 72.9 Å². The Morgan fingerprint density at radius 1 is 0.276 bits per heavy atom. The number of hydrogen-bond acceptors (Lipinski definition) is 6. The van der Waals surface area contributed by atoms with Crippen molar-refractivity contribution in [1.82, 2.24) is 0 Å². The Bertz CT molecular complexity index is 1400. The first-order valence-electron chi connectivity index (χ1n) is 32.9. The predicted molar refractivity (Wildman–Crippen MR) is 330 cm³/mol. The molecule has 0 fully saturated rings. The number of esters is 3. The highest BCUT2D eigenvalue weighted by atomic mass is 16.6.